The van der Waals surface area contributed by atoms with Gasteiger partial charge in [0.15, 0.2) is 0 Å². The van der Waals surface area contributed by atoms with Gasteiger partial charge in [-0.3, -0.25) is 0 Å². The molecule has 0 spiro atoms. The molecule has 3 nitrogen and oxygen atoms in total. The lowest BCUT2D eigenvalue weighted by Gasteiger charge is -2.09. The van der Waals surface area contributed by atoms with Crippen LogP contribution in [0.4, 0.5) is 0 Å². The third-order valence-corrected chi connectivity index (χ3v) is 14.2. The van der Waals surface area contributed by atoms with E-state index in [2.05, 4.69) is 202 Å². The SMILES string of the molecule is c1ccc2c(c1)sc1ccc(-c3ccc(-n4c5ccc(-n6c7ccccc7c7ccccc76)cc5c5cc(-n6c7ccccc7c7ccccc76)ccc54)s3)cc12. The first kappa shape index (κ1) is 31.3. The molecule has 0 atom stereocenters. The molecule has 0 bridgehead atoms. The summed E-state index contributed by atoms with van der Waals surface area (Å²) >= 11 is 3.73. The van der Waals surface area contributed by atoms with Gasteiger partial charge in [0.2, 0.25) is 0 Å². The molecule has 5 heteroatoms. The van der Waals surface area contributed by atoms with E-state index in [9.17, 15) is 0 Å². The molecule has 0 unspecified atom stereocenters. The van der Waals surface area contributed by atoms with Crippen LogP contribution in [0.25, 0.3) is 112 Å². The van der Waals surface area contributed by atoms with E-state index in [1.807, 2.05) is 22.7 Å². The maximum Gasteiger partial charge on any atom is 0.101 e. The molecular formula is C52H31N3S2. The first-order valence-corrected chi connectivity index (χ1v) is 21.0. The molecule has 0 saturated carbocycles. The number of hydrogen-bond acceptors (Lipinski definition) is 2. The number of rotatable bonds is 4. The van der Waals surface area contributed by atoms with Crippen molar-refractivity contribution < 1.29 is 0 Å². The van der Waals surface area contributed by atoms with Gasteiger partial charge in [0, 0.05) is 68.7 Å². The Kier molecular flexibility index (Phi) is 6.48. The first-order valence-electron chi connectivity index (χ1n) is 19.3. The highest BCUT2D eigenvalue weighted by molar-refractivity contribution is 7.25. The largest absolute Gasteiger partial charge is 0.309 e. The minimum atomic E-state index is 1.16. The molecule has 0 radical (unpaired) electrons. The van der Waals surface area contributed by atoms with Crippen LogP contribution in [0.5, 0.6) is 0 Å². The minimum absolute atomic E-state index is 1.16. The summed E-state index contributed by atoms with van der Waals surface area (Å²) in [5, 5.41) is 11.4. The number of nitrogens with zero attached hydrogens (tertiary/aromatic N) is 3. The van der Waals surface area contributed by atoms with Gasteiger partial charge in [-0.15, -0.1) is 22.7 Å². The second-order valence-electron chi connectivity index (χ2n) is 14.9. The van der Waals surface area contributed by atoms with E-state index in [-0.39, 0.29) is 0 Å². The van der Waals surface area contributed by atoms with Crippen LogP contribution < -0.4 is 0 Å². The number of para-hydroxylation sites is 4. The minimum Gasteiger partial charge on any atom is -0.309 e. The van der Waals surface area contributed by atoms with Crippen molar-refractivity contribution in [3.63, 3.8) is 0 Å². The molecule has 13 rings (SSSR count). The number of thiophene rings is 2. The van der Waals surface area contributed by atoms with Gasteiger partial charge in [-0.1, -0.05) is 97.1 Å². The average Bonchev–Trinajstić information content (AvgIpc) is 4.09. The molecule has 0 saturated heterocycles. The summed E-state index contributed by atoms with van der Waals surface area (Å²) in [6.45, 7) is 0. The molecule has 266 valence electrons. The van der Waals surface area contributed by atoms with Crippen LogP contribution >= 0.6 is 22.7 Å². The second kappa shape index (κ2) is 11.8. The molecule has 0 amide bonds. The lowest BCUT2D eigenvalue weighted by atomic mass is 10.1. The molecule has 13 aromatic rings. The zero-order valence-electron chi connectivity index (χ0n) is 30.6. The van der Waals surface area contributed by atoms with Crippen LogP contribution in [0.3, 0.4) is 0 Å². The summed E-state index contributed by atoms with van der Waals surface area (Å²) in [6.07, 6.45) is 0. The van der Waals surface area contributed by atoms with Crippen molar-refractivity contribution in [1.82, 2.24) is 13.7 Å². The van der Waals surface area contributed by atoms with Crippen LogP contribution in [0.1, 0.15) is 0 Å². The number of aromatic nitrogens is 3. The highest BCUT2D eigenvalue weighted by Gasteiger charge is 2.20. The van der Waals surface area contributed by atoms with Gasteiger partial charge in [0.25, 0.3) is 0 Å². The third kappa shape index (κ3) is 4.47. The topological polar surface area (TPSA) is 14.8 Å². The quantitative estimate of drug-likeness (QED) is 0.170. The maximum atomic E-state index is 2.47. The molecular weight excluding hydrogens is 731 g/mol. The van der Waals surface area contributed by atoms with Crippen molar-refractivity contribution in [1.29, 1.82) is 0 Å². The van der Waals surface area contributed by atoms with Crippen molar-refractivity contribution in [3.8, 4) is 26.8 Å². The van der Waals surface area contributed by atoms with E-state index in [1.165, 1.54) is 101 Å². The van der Waals surface area contributed by atoms with Crippen LogP contribution in [0.2, 0.25) is 0 Å². The van der Waals surface area contributed by atoms with E-state index >= 15 is 0 Å². The standard InChI is InChI=1S/C52H31N3S2/c1-6-16-43-35(11-1)36-12-2-7-17-44(36)53(43)33-22-24-47-40(30-33)41-31-34(54-45-18-8-3-13-37(45)38-14-4-9-19-46(38)54)23-25-48(41)55(47)52-28-27-49(57-52)32-21-26-51-42(29-32)39-15-5-10-20-50(39)56-51/h1-31H. The van der Waals surface area contributed by atoms with Gasteiger partial charge in [-0.2, -0.15) is 0 Å². The number of fused-ring (bicyclic) bond motifs is 12. The molecule has 0 aliphatic heterocycles. The summed E-state index contributed by atoms with van der Waals surface area (Å²) in [6, 6.07) is 69.5. The van der Waals surface area contributed by atoms with E-state index in [0.717, 1.165) is 11.4 Å². The van der Waals surface area contributed by atoms with E-state index < -0.39 is 0 Å². The van der Waals surface area contributed by atoms with E-state index in [0.29, 0.717) is 0 Å². The summed E-state index contributed by atoms with van der Waals surface area (Å²) in [5.41, 5.74) is 10.8. The fourth-order valence-corrected chi connectivity index (χ4v) is 11.5. The Hall–Kier alpha value is -6.92. The van der Waals surface area contributed by atoms with Crippen molar-refractivity contribution >= 4 is 108 Å². The molecule has 5 heterocycles. The fourth-order valence-electron chi connectivity index (χ4n) is 9.40. The zero-order valence-corrected chi connectivity index (χ0v) is 32.2. The Bertz CT molecular complexity index is 3500. The molecule has 8 aromatic carbocycles. The van der Waals surface area contributed by atoms with Crippen LogP contribution in [0.15, 0.2) is 188 Å². The lowest BCUT2D eigenvalue weighted by Crippen LogP contribution is -1.94. The molecule has 0 aliphatic carbocycles. The molecule has 0 aliphatic rings. The molecule has 5 aromatic heterocycles. The van der Waals surface area contributed by atoms with Gasteiger partial charge >= 0.3 is 0 Å². The lowest BCUT2D eigenvalue weighted by molar-refractivity contribution is 1.17. The van der Waals surface area contributed by atoms with Crippen LogP contribution in [-0.4, -0.2) is 13.7 Å². The smallest absolute Gasteiger partial charge is 0.101 e. The Balaban J connectivity index is 1.06. The van der Waals surface area contributed by atoms with E-state index in [1.54, 1.807) is 0 Å². The van der Waals surface area contributed by atoms with Crippen molar-refractivity contribution in [3.05, 3.63) is 188 Å². The fraction of sp³-hybridized carbons (Fsp3) is 0. The van der Waals surface area contributed by atoms with Gasteiger partial charge in [-0.25, -0.2) is 0 Å². The highest BCUT2D eigenvalue weighted by atomic mass is 32.1. The Labute approximate surface area is 335 Å². The second-order valence-corrected chi connectivity index (χ2v) is 17.1. The Morgan fingerprint density at radius 3 is 1.28 bits per heavy atom. The van der Waals surface area contributed by atoms with Gasteiger partial charge in [0.05, 0.1) is 33.1 Å². The Morgan fingerprint density at radius 2 is 0.737 bits per heavy atom. The monoisotopic (exact) mass is 761 g/mol. The van der Waals surface area contributed by atoms with Crippen molar-refractivity contribution in [2.24, 2.45) is 0 Å². The molecule has 0 fully saturated rings. The summed E-state index contributed by atoms with van der Waals surface area (Å²) < 4.78 is 10.00. The average molecular weight is 762 g/mol. The Morgan fingerprint density at radius 1 is 0.281 bits per heavy atom. The van der Waals surface area contributed by atoms with Gasteiger partial charge < -0.3 is 13.7 Å². The van der Waals surface area contributed by atoms with Crippen LogP contribution in [0, 0.1) is 0 Å². The first-order chi connectivity index (χ1) is 28.3. The van der Waals surface area contributed by atoms with Gasteiger partial charge in [0.1, 0.15) is 5.00 Å². The summed E-state index contributed by atoms with van der Waals surface area (Å²) in [5.74, 6) is 0. The maximum absolute atomic E-state index is 2.47. The predicted octanol–water partition coefficient (Wildman–Crippen LogP) is 15.1. The predicted molar refractivity (Wildman–Crippen MR) is 246 cm³/mol. The van der Waals surface area contributed by atoms with Gasteiger partial charge in [-0.05, 0) is 96.6 Å². The van der Waals surface area contributed by atoms with Crippen molar-refractivity contribution in [2.45, 2.75) is 0 Å². The molecule has 57 heavy (non-hydrogen) atoms. The molecule has 0 N–H and O–H groups in total. The number of hydrogen-bond donors (Lipinski definition) is 0. The summed E-state index contributed by atoms with van der Waals surface area (Å²) in [4.78, 5) is 1.26. The third-order valence-electron chi connectivity index (χ3n) is 11.9. The summed E-state index contributed by atoms with van der Waals surface area (Å²) in [7, 11) is 0. The van der Waals surface area contributed by atoms with Crippen molar-refractivity contribution in [2.75, 3.05) is 0 Å². The highest BCUT2D eigenvalue weighted by Crippen LogP contribution is 2.43. The van der Waals surface area contributed by atoms with Crippen LogP contribution in [-0.2, 0) is 0 Å². The van der Waals surface area contributed by atoms with E-state index in [4.69, 9.17) is 0 Å². The normalized spacial score (nSPS) is 12.2. The number of benzene rings is 8. The zero-order chi connectivity index (χ0) is 37.2.